The van der Waals surface area contributed by atoms with Gasteiger partial charge in [-0.25, -0.2) is 0 Å². The van der Waals surface area contributed by atoms with Gasteiger partial charge in [-0.15, -0.1) is 0 Å². The highest BCUT2D eigenvalue weighted by atomic mass is 16.5. The number of nitrogens with one attached hydrogen (secondary N) is 2. The quantitative estimate of drug-likeness (QED) is 0.301. The zero-order chi connectivity index (χ0) is 21.6. The summed E-state index contributed by atoms with van der Waals surface area (Å²) in [7, 11) is 1.83. The van der Waals surface area contributed by atoms with E-state index in [9.17, 15) is 0 Å². The van der Waals surface area contributed by atoms with Crippen LogP contribution >= 0.6 is 0 Å². The molecule has 2 aliphatic heterocycles. The van der Waals surface area contributed by atoms with Crippen LogP contribution in [0, 0.1) is 5.92 Å². The average Bonchev–Trinajstić information content (AvgIpc) is 3.34. The maximum Gasteiger partial charge on any atom is 0.190 e. The monoisotopic (exact) mass is 431 g/mol. The molecule has 0 saturated carbocycles. The van der Waals surface area contributed by atoms with E-state index in [4.69, 9.17) is 9.47 Å². The van der Waals surface area contributed by atoms with E-state index in [0.717, 1.165) is 90.9 Å². The second-order valence-corrected chi connectivity index (χ2v) is 8.46. The molecule has 0 bridgehead atoms. The Hall–Kier alpha value is -1.83. The molecule has 31 heavy (non-hydrogen) atoms. The van der Waals surface area contributed by atoms with Crippen LogP contribution in [0.2, 0.25) is 0 Å². The number of anilines is 1. The molecule has 1 unspecified atom stereocenters. The van der Waals surface area contributed by atoms with Crippen LogP contribution in [-0.4, -0.2) is 90.1 Å². The Labute approximate surface area is 188 Å². The van der Waals surface area contributed by atoms with E-state index in [0.29, 0.717) is 5.92 Å². The highest BCUT2D eigenvalue weighted by molar-refractivity contribution is 5.79. The summed E-state index contributed by atoms with van der Waals surface area (Å²) in [5, 5.41) is 6.80. The lowest BCUT2D eigenvalue weighted by Crippen LogP contribution is -2.46. The fourth-order valence-corrected chi connectivity index (χ4v) is 4.10. The van der Waals surface area contributed by atoms with Crippen LogP contribution in [0.25, 0.3) is 0 Å². The van der Waals surface area contributed by atoms with Crippen molar-refractivity contribution in [2.75, 3.05) is 84.2 Å². The largest absolute Gasteiger partial charge is 0.381 e. The lowest BCUT2D eigenvalue weighted by Gasteiger charge is -2.36. The molecule has 0 radical (unpaired) electrons. The van der Waals surface area contributed by atoms with Gasteiger partial charge >= 0.3 is 0 Å². The van der Waals surface area contributed by atoms with Gasteiger partial charge in [-0.2, -0.15) is 0 Å². The Kier molecular flexibility index (Phi) is 11.0. The van der Waals surface area contributed by atoms with Crippen LogP contribution in [-0.2, 0) is 9.47 Å². The predicted octanol–water partition coefficient (Wildman–Crippen LogP) is 2.20. The second kappa shape index (κ2) is 14.3. The Balaban J connectivity index is 1.15. The molecule has 3 rings (SSSR count). The van der Waals surface area contributed by atoms with E-state index in [1.807, 2.05) is 7.05 Å². The number of aliphatic imine (C=N–C) groups is 1. The van der Waals surface area contributed by atoms with Crippen molar-refractivity contribution < 1.29 is 9.47 Å². The highest BCUT2D eigenvalue weighted by Gasteiger charge is 2.16. The van der Waals surface area contributed by atoms with Crippen molar-refractivity contribution in [1.82, 2.24) is 15.5 Å². The minimum absolute atomic E-state index is 0.593. The molecule has 1 aromatic rings. The summed E-state index contributed by atoms with van der Waals surface area (Å²) in [6.07, 6.45) is 4.50. The fraction of sp³-hybridized carbons (Fsp3) is 0.708. The van der Waals surface area contributed by atoms with Crippen molar-refractivity contribution in [1.29, 1.82) is 0 Å². The van der Waals surface area contributed by atoms with Gasteiger partial charge in [0, 0.05) is 71.1 Å². The summed E-state index contributed by atoms with van der Waals surface area (Å²) in [4.78, 5) is 9.39. The molecular formula is C24H41N5O2. The molecule has 0 aromatic heterocycles. The maximum atomic E-state index is 5.75. The van der Waals surface area contributed by atoms with Crippen molar-refractivity contribution in [2.24, 2.45) is 10.9 Å². The molecule has 1 atom stereocenters. The minimum Gasteiger partial charge on any atom is -0.381 e. The number of rotatable bonds is 12. The molecule has 174 valence electrons. The second-order valence-electron chi connectivity index (χ2n) is 8.46. The number of benzene rings is 1. The molecule has 0 amide bonds. The van der Waals surface area contributed by atoms with Crippen LogP contribution in [0.5, 0.6) is 0 Å². The number of para-hydroxylation sites is 1. The number of unbranched alkanes of at least 4 members (excludes halogenated alkanes) is 1. The summed E-state index contributed by atoms with van der Waals surface area (Å²) in [6.45, 7) is 10.9. The summed E-state index contributed by atoms with van der Waals surface area (Å²) in [5.41, 5.74) is 1.35. The van der Waals surface area contributed by atoms with E-state index < -0.39 is 0 Å². The summed E-state index contributed by atoms with van der Waals surface area (Å²) >= 11 is 0. The third-order valence-electron chi connectivity index (χ3n) is 6.05. The standard InChI is InChI=1S/C24H41N5O2/c1-25-24(27-12-7-18-30-20-22-10-19-31-21-22)26-11-5-6-13-28-14-16-29(17-15-28)23-8-3-2-4-9-23/h2-4,8-9,22H,5-7,10-21H2,1H3,(H2,25,26,27). The van der Waals surface area contributed by atoms with Gasteiger partial charge in [-0.05, 0) is 44.4 Å². The summed E-state index contributed by atoms with van der Waals surface area (Å²) in [5.74, 6) is 1.48. The smallest absolute Gasteiger partial charge is 0.190 e. The SMILES string of the molecule is CN=C(NCCCCN1CCN(c2ccccc2)CC1)NCCCOCC1CCOC1. The van der Waals surface area contributed by atoms with Gasteiger partial charge in [-0.1, -0.05) is 18.2 Å². The van der Waals surface area contributed by atoms with Crippen molar-refractivity contribution in [3.05, 3.63) is 30.3 Å². The molecule has 2 saturated heterocycles. The maximum absolute atomic E-state index is 5.75. The molecule has 2 N–H and O–H groups in total. The number of hydrogen-bond acceptors (Lipinski definition) is 5. The molecule has 1 aromatic carbocycles. The third-order valence-corrected chi connectivity index (χ3v) is 6.05. The van der Waals surface area contributed by atoms with Crippen molar-refractivity contribution in [3.63, 3.8) is 0 Å². The zero-order valence-electron chi connectivity index (χ0n) is 19.2. The first-order chi connectivity index (χ1) is 15.3. The number of guanidine groups is 1. The minimum atomic E-state index is 0.593. The first-order valence-corrected chi connectivity index (χ1v) is 12.0. The molecular weight excluding hydrogens is 390 g/mol. The van der Waals surface area contributed by atoms with Crippen molar-refractivity contribution >= 4 is 11.6 Å². The lowest BCUT2D eigenvalue weighted by molar-refractivity contribution is 0.0888. The van der Waals surface area contributed by atoms with Gasteiger partial charge in [-0.3, -0.25) is 9.89 Å². The van der Waals surface area contributed by atoms with Crippen molar-refractivity contribution in [3.8, 4) is 0 Å². The normalized spacial score (nSPS) is 20.2. The lowest BCUT2D eigenvalue weighted by atomic mass is 10.1. The number of nitrogens with zero attached hydrogens (tertiary/aromatic N) is 3. The molecule has 2 heterocycles. The average molecular weight is 432 g/mol. The van der Waals surface area contributed by atoms with Gasteiger partial charge < -0.3 is 25.0 Å². The van der Waals surface area contributed by atoms with E-state index >= 15 is 0 Å². The van der Waals surface area contributed by atoms with Crippen LogP contribution in [0.4, 0.5) is 5.69 Å². The molecule has 2 fully saturated rings. The van der Waals surface area contributed by atoms with E-state index in [1.54, 1.807) is 0 Å². The van der Waals surface area contributed by atoms with Gasteiger partial charge in [0.15, 0.2) is 5.96 Å². The Morgan fingerprint density at radius 2 is 1.84 bits per heavy atom. The molecule has 7 heteroatoms. The van der Waals surface area contributed by atoms with E-state index in [2.05, 4.69) is 55.8 Å². The molecule has 0 spiro atoms. The van der Waals surface area contributed by atoms with E-state index in [-0.39, 0.29) is 0 Å². The number of hydrogen-bond donors (Lipinski definition) is 2. The van der Waals surface area contributed by atoms with Gasteiger partial charge in [0.25, 0.3) is 0 Å². The van der Waals surface area contributed by atoms with Crippen LogP contribution < -0.4 is 15.5 Å². The van der Waals surface area contributed by atoms with Crippen LogP contribution in [0.3, 0.4) is 0 Å². The zero-order valence-corrected chi connectivity index (χ0v) is 19.2. The van der Waals surface area contributed by atoms with Crippen LogP contribution in [0.1, 0.15) is 25.7 Å². The fourth-order valence-electron chi connectivity index (χ4n) is 4.10. The predicted molar refractivity (Wildman–Crippen MR) is 128 cm³/mol. The van der Waals surface area contributed by atoms with Gasteiger partial charge in [0.1, 0.15) is 0 Å². The number of ether oxygens (including phenoxy) is 2. The molecule has 7 nitrogen and oxygen atoms in total. The third kappa shape index (κ3) is 9.05. The topological polar surface area (TPSA) is 61.4 Å². The van der Waals surface area contributed by atoms with Gasteiger partial charge in [0.05, 0.1) is 13.2 Å². The molecule has 2 aliphatic rings. The van der Waals surface area contributed by atoms with Gasteiger partial charge in [0.2, 0.25) is 0 Å². The summed E-state index contributed by atoms with van der Waals surface area (Å²) < 4.78 is 11.1. The number of piperazine rings is 1. The highest BCUT2D eigenvalue weighted by Crippen LogP contribution is 2.15. The van der Waals surface area contributed by atoms with Crippen LogP contribution in [0.15, 0.2) is 35.3 Å². The first-order valence-electron chi connectivity index (χ1n) is 12.0. The first kappa shape index (κ1) is 23.8. The molecule has 0 aliphatic carbocycles. The Morgan fingerprint density at radius 1 is 1.06 bits per heavy atom. The summed E-state index contributed by atoms with van der Waals surface area (Å²) in [6, 6.07) is 10.7. The Bertz CT molecular complexity index is 614. The Morgan fingerprint density at radius 3 is 2.55 bits per heavy atom. The van der Waals surface area contributed by atoms with E-state index in [1.165, 1.54) is 18.7 Å². The van der Waals surface area contributed by atoms with Crippen molar-refractivity contribution in [2.45, 2.75) is 25.7 Å².